The minimum absolute atomic E-state index is 0.134. The largest absolute Gasteiger partial charge is 0.324 e. The second-order valence-corrected chi connectivity index (χ2v) is 5.81. The van der Waals surface area contributed by atoms with E-state index in [1.54, 1.807) is 0 Å². The first kappa shape index (κ1) is 15.7. The van der Waals surface area contributed by atoms with Crippen LogP contribution in [0.5, 0.6) is 0 Å². The van der Waals surface area contributed by atoms with Gasteiger partial charge < -0.3 is 10.6 Å². The van der Waals surface area contributed by atoms with Gasteiger partial charge in [0.1, 0.15) is 0 Å². The summed E-state index contributed by atoms with van der Waals surface area (Å²) in [4.78, 5) is 2.43. The minimum atomic E-state index is 0.134. The summed E-state index contributed by atoms with van der Waals surface area (Å²) < 4.78 is 1.10. The number of hydrogen-bond donors (Lipinski definition) is 1. The zero-order valence-electron chi connectivity index (χ0n) is 11.7. The zero-order chi connectivity index (χ0) is 13.5. The van der Waals surface area contributed by atoms with Gasteiger partial charge in [-0.25, -0.2) is 0 Å². The van der Waals surface area contributed by atoms with Crippen LogP contribution >= 0.6 is 15.9 Å². The van der Waals surface area contributed by atoms with Gasteiger partial charge in [-0.15, -0.1) is 0 Å². The highest BCUT2D eigenvalue weighted by Crippen LogP contribution is 2.18. The van der Waals surface area contributed by atoms with Crippen LogP contribution in [0.15, 0.2) is 28.7 Å². The maximum atomic E-state index is 6.23. The van der Waals surface area contributed by atoms with Gasteiger partial charge in [-0.3, -0.25) is 0 Å². The van der Waals surface area contributed by atoms with E-state index in [1.807, 2.05) is 0 Å². The van der Waals surface area contributed by atoms with E-state index in [-0.39, 0.29) is 6.04 Å². The van der Waals surface area contributed by atoms with Gasteiger partial charge >= 0.3 is 0 Å². The summed E-state index contributed by atoms with van der Waals surface area (Å²) in [5.74, 6) is 0. The van der Waals surface area contributed by atoms with Gasteiger partial charge in [0.05, 0.1) is 0 Å². The molecule has 0 bridgehead atoms. The molecule has 3 heteroatoms. The molecule has 1 atom stereocenters. The average molecular weight is 313 g/mol. The molecule has 0 aliphatic heterocycles. The summed E-state index contributed by atoms with van der Waals surface area (Å²) in [6.07, 6.45) is 3.43. The van der Waals surface area contributed by atoms with E-state index in [0.717, 1.165) is 17.4 Å². The predicted octanol–water partition coefficient (Wildman–Crippen LogP) is 3.96. The summed E-state index contributed by atoms with van der Waals surface area (Å²) in [6, 6.07) is 9.13. The van der Waals surface area contributed by atoms with Gasteiger partial charge in [-0.05, 0) is 50.6 Å². The molecular formula is C15H25BrN2. The fourth-order valence-corrected chi connectivity index (χ4v) is 2.58. The summed E-state index contributed by atoms with van der Waals surface area (Å²) in [6.45, 7) is 5.56. The van der Waals surface area contributed by atoms with Gasteiger partial charge in [0.15, 0.2) is 0 Å². The predicted molar refractivity (Wildman–Crippen MR) is 82.7 cm³/mol. The highest BCUT2D eigenvalue weighted by atomic mass is 79.9. The molecule has 0 amide bonds. The molecule has 0 aromatic heterocycles. The third-order valence-electron chi connectivity index (χ3n) is 3.66. The fourth-order valence-electron chi connectivity index (χ4n) is 2.31. The molecule has 102 valence electrons. The van der Waals surface area contributed by atoms with Gasteiger partial charge in [0, 0.05) is 16.6 Å². The molecule has 0 spiro atoms. The van der Waals surface area contributed by atoms with Crippen molar-refractivity contribution >= 4 is 15.9 Å². The Balaban J connectivity index is 2.45. The highest BCUT2D eigenvalue weighted by molar-refractivity contribution is 9.10. The third-order valence-corrected chi connectivity index (χ3v) is 4.19. The molecule has 1 aromatic carbocycles. The highest BCUT2D eigenvalue weighted by Gasteiger charge is 2.12. The van der Waals surface area contributed by atoms with Gasteiger partial charge in [0.2, 0.25) is 0 Å². The third kappa shape index (κ3) is 4.71. The average Bonchev–Trinajstić information content (AvgIpc) is 2.38. The standard InChI is InChI=1S/C15H25BrN2/c1-4-14(5-2)18(3)11-10-15(17)12-6-8-13(16)9-7-12/h6-9,14-15H,4-5,10-11,17H2,1-3H3. The van der Waals surface area contributed by atoms with E-state index in [4.69, 9.17) is 5.73 Å². The Morgan fingerprint density at radius 2 is 1.72 bits per heavy atom. The lowest BCUT2D eigenvalue weighted by Crippen LogP contribution is -2.33. The number of hydrogen-bond acceptors (Lipinski definition) is 2. The Labute approximate surface area is 120 Å². The van der Waals surface area contributed by atoms with E-state index in [1.165, 1.54) is 18.4 Å². The molecule has 0 aliphatic carbocycles. The van der Waals surface area contributed by atoms with Crippen LogP contribution in [-0.4, -0.2) is 24.5 Å². The summed E-state index contributed by atoms with van der Waals surface area (Å²) in [5, 5.41) is 0. The van der Waals surface area contributed by atoms with E-state index in [0.29, 0.717) is 6.04 Å². The number of nitrogens with zero attached hydrogens (tertiary/aromatic N) is 1. The second-order valence-electron chi connectivity index (χ2n) is 4.90. The Hall–Kier alpha value is -0.380. The van der Waals surface area contributed by atoms with E-state index in [2.05, 4.69) is 66.0 Å². The maximum Gasteiger partial charge on any atom is 0.0307 e. The molecule has 0 fully saturated rings. The van der Waals surface area contributed by atoms with Gasteiger partial charge in [0.25, 0.3) is 0 Å². The van der Waals surface area contributed by atoms with Crippen molar-refractivity contribution in [3.05, 3.63) is 34.3 Å². The van der Waals surface area contributed by atoms with Crippen LogP contribution in [0.4, 0.5) is 0 Å². The number of nitrogens with two attached hydrogens (primary N) is 1. The van der Waals surface area contributed by atoms with Crippen molar-refractivity contribution in [2.45, 2.75) is 45.2 Å². The van der Waals surface area contributed by atoms with E-state index in [9.17, 15) is 0 Å². The normalized spacial score (nSPS) is 13.3. The van der Waals surface area contributed by atoms with E-state index < -0.39 is 0 Å². The molecular weight excluding hydrogens is 288 g/mol. The molecule has 0 radical (unpaired) electrons. The molecule has 0 saturated heterocycles. The molecule has 1 unspecified atom stereocenters. The lowest BCUT2D eigenvalue weighted by Gasteiger charge is -2.27. The van der Waals surface area contributed by atoms with Crippen molar-refractivity contribution < 1.29 is 0 Å². The van der Waals surface area contributed by atoms with Crippen LogP contribution in [0.1, 0.15) is 44.7 Å². The number of halogens is 1. The van der Waals surface area contributed by atoms with Crippen molar-refractivity contribution in [1.82, 2.24) is 4.90 Å². The van der Waals surface area contributed by atoms with Crippen molar-refractivity contribution in [1.29, 1.82) is 0 Å². The molecule has 1 rings (SSSR count). The Bertz CT molecular complexity index is 333. The maximum absolute atomic E-state index is 6.23. The number of benzene rings is 1. The molecule has 2 N–H and O–H groups in total. The molecule has 18 heavy (non-hydrogen) atoms. The van der Waals surface area contributed by atoms with Crippen molar-refractivity contribution in [3.8, 4) is 0 Å². The first-order valence-corrected chi connectivity index (χ1v) is 7.59. The van der Waals surface area contributed by atoms with Crippen LogP contribution in [0.2, 0.25) is 0 Å². The lowest BCUT2D eigenvalue weighted by atomic mass is 10.0. The first-order chi connectivity index (χ1) is 8.58. The smallest absolute Gasteiger partial charge is 0.0307 e. The quantitative estimate of drug-likeness (QED) is 0.825. The second kappa shape index (κ2) is 7.93. The topological polar surface area (TPSA) is 29.3 Å². The SMILES string of the molecule is CCC(CC)N(C)CCC(N)c1ccc(Br)cc1. The molecule has 0 heterocycles. The van der Waals surface area contributed by atoms with E-state index >= 15 is 0 Å². The monoisotopic (exact) mass is 312 g/mol. The Morgan fingerprint density at radius 1 is 1.17 bits per heavy atom. The van der Waals surface area contributed by atoms with Crippen LogP contribution in [0, 0.1) is 0 Å². The Morgan fingerprint density at radius 3 is 2.22 bits per heavy atom. The van der Waals surface area contributed by atoms with Crippen LogP contribution in [0.3, 0.4) is 0 Å². The molecule has 0 saturated carbocycles. The minimum Gasteiger partial charge on any atom is -0.324 e. The lowest BCUT2D eigenvalue weighted by molar-refractivity contribution is 0.222. The summed E-state index contributed by atoms with van der Waals surface area (Å²) >= 11 is 3.45. The summed E-state index contributed by atoms with van der Waals surface area (Å²) in [7, 11) is 2.20. The van der Waals surface area contributed by atoms with Crippen LogP contribution in [-0.2, 0) is 0 Å². The molecule has 2 nitrogen and oxygen atoms in total. The molecule has 1 aromatic rings. The Kier molecular flexibility index (Phi) is 6.90. The van der Waals surface area contributed by atoms with Crippen molar-refractivity contribution in [3.63, 3.8) is 0 Å². The fraction of sp³-hybridized carbons (Fsp3) is 0.600. The first-order valence-electron chi connectivity index (χ1n) is 6.79. The van der Waals surface area contributed by atoms with Crippen LogP contribution in [0.25, 0.3) is 0 Å². The van der Waals surface area contributed by atoms with Gasteiger partial charge in [-0.2, -0.15) is 0 Å². The number of rotatable bonds is 7. The van der Waals surface area contributed by atoms with Crippen molar-refractivity contribution in [2.75, 3.05) is 13.6 Å². The van der Waals surface area contributed by atoms with Crippen molar-refractivity contribution in [2.24, 2.45) is 5.73 Å². The zero-order valence-corrected chi connectivity index (χ0v) is 13.3. The van der Waals surface area contributed by atoms with Crippen LogP contribution < -0.4 is 5.73 Å². The molecule has 0 aliphatic rings. The van der Waals surface area contributed by atoms with Gasteiger partial charge in [-0.1, -0.05) is 41.9 Å². The summed E-state index contributed by atoms with van der Waals surface area (Å²) in [5.41, 5.74) is 7.45.